The molecule has 0 bridgehead atoms. The number of benzene rings is 1. The van der Waals surface area contributed by atoms with Crippen LogP contribution >= 0.6 is 11.8 Å². The highest BCUT2D eigenvalue weighted by atomic mass is 32.2. The third-order valence-corrected chi connectivity index (χ3v) is 4.60. The average Bonchev–Trinajstić information content (AvgIpc) is 2.71. The van der Waals surface area contributed by atoms with Gasteiger partial charge >= 0.3 is 5.97 Å². The second-order valence-electron chi connectivity index (χ2n) is 5.06. The number of esters is 1. The number of thioether (sulfide) groups is 1. The summed E-state index contributed by atoms with van der Waals surface area (Å²) in [4.78, 5) is 22.9. The smallest absolute Gasteiger partial charge is 0.337 e. The van der Waals surface area contributed by atoms with E-state index in [1.165, 1.54) is 7.11 Å². The minimum Gasteiger partial charge on any atom is -0.509 e. The van der Waals surface area contributed by atoms with Crippen molar-refractivity contribution in [3.8, 4) is 11.8 Å². The number of aliphatic hydroxyl groups excluding tert-OH is 1. The van der Waals surface area contributed by atoms with Crippen molar-refractivity contribution >= 4 is 22.8 Å². The minimum atomic E-state index is -0.868. The number of hydrogen-bond donors (Lipinski definition) is 1. The summed E-state index contributed by atoms with van der Waals surface area (Å²) in [5.41, 5.74) is 1.79. The Morgan fingerprint density at radius 3 is 2.50 bits per heavy atom. The molecule has 1 aliphatic rings. The first-order chi connectivity index (χ1) is 10.4. The molecule has 0 radical (unpaired) electrons. The Kier molecular flexibility index (Phi) is 4.62. The molecule has 5 heteroatoms. The number of rotatable bonds is 2. The topological polar surface area (TPSA) is 63.6 Å². The molecule has 0 fully saturated rings. The van der Waals surface area contributed by atoms with E-state index in [4.69, 9.17) is 0 Å². The molecule has 1 atom stereocenters. The van der Waals surface area contributed by atoms with Gasteiger partial charge in [0.1, 0.15) is 10.5 Å². The van der Waals surface area contributed by atoms with Gasteiger partial charge < -0.3 is 9.84 Å². The van der Waals surface area contributed by atoms with E-state index in [9.17, 15) is 14.7 Å². The van der Waals surface area contributed by atoms with Crippen molar-refractivity contribution < 1.29 is 19.4 Å². The van der Waals surface area contributed by atoms with Gasteiger partial charge in [0.2, 0.25) is 5.12 Å². The molecule has 2 rings (SSSR count). The Morgan fingerprint density at radius 2 is 2.00 bits per heavy atom. The van der Waals surface area contributed by atoms with Crippen LogP contribution in [0.25, 0.3) is 0 Å². The lowest BCUT2D eigenvalue weighted by Crippen LogP contribution is -2.17. The van der Waals surface area contributed by atoms with Crippen LogP contribution in [0.3, 0.4) is 0 Å². The number of carbonyl (C=O) groups is 2. The normalized spacial score (nSPS) is 20.6. The summed E-state index contributed by atoms with van der Waals surface area (Å²) in [6.45, 7) is 3.33. The van der Waals surface area contributed by atoms with Gasteiger partial charge in [-0.3, -0.25) is 4.79 Å². The van der Waals surface area contributed by atoms with Crippen LogP contribution in [0, 0.1) is 11.8 Å². The van der Waals surface area contributed by atoms with E-state index in [-0.39, 0.29) is 16.8 Å². The zero-order valence-corrected chi connectivity index (χ0v) is 13.4. The minimum absolute atomic E-state index is 0.0380. The molecule has 114 valence electrons. The molecule has 0 saturated heterocycles. The Bertz CT molecular complexity index is 706. The first kappa shape index (κ1) is 16.2. The number of ether oxygens (including phenoxy) is 1. The number of hydrogen-bond acceptors (Lipinski definition) is 5. The van der Waals surface area contributed by atoms with Gasteiger partial charge in [-0.25, -0.2) is 4.79 Å². The van der Waals surface area contributed by atoms with Gasteiger partial charge in [0.15, 0.2) is 0 Å². The van der Waals surface area contributed by atoms with Crippen molar-refractivity contribution in [2.24, 2.45) is 0 Å². The van der Waals surface area contributed by atoms with E-state index in [1.807, 2.05) is 0 Å². The largest absolute Gasteiger partial charge is 0.509 e. The van der Waals surface area contributed by atoms with Crippen molar-refractivity contribution in [3.63, 3.8) is 0 Å². The van der Waals surface area contributed by atoms with Gasteiger partial charge in [-0.15, -0.1) is 0 Å². The number of carbonyl (C=O) groups excluding carboxylic acids is 2. The molecule has 0 spiro atoms. The lowest BCUT2D eigenvalue weighted by Gasteiger charge is -2.14. The summed E-state index contributed by atoms with van der Waals surface area (Å²) in [6.07, 6.45) is 0.470. The lowest BCUT2D eigenvalue weighted by atomic mass is 10.0. The molecule has 1 aromatic carbocycles. The maximum absolute atomic E-state index is 11.6. The van der Waals surface area contributed by atoms with Gasteiger partial charge in [0, 0.05) is 12.0 Å². The molecule has 1 aliphatic heterocycles. The van der Waals surface area contributed by atoms with Gasteiger partial charge in [-0.2, -0.15) is 0 Å². The van der Waals surface area contributed by atoms with E-state index < -0.39 is 4.75 Å². The Morgan fingerprint density at radius 1 is 1.36 bits per heavy atom. The zero-order valence-electron chi connectivity index (χ0n) is 12.6. The molecule has 1 heterocycles. The third kappa shape index (κ3) is 3.18. The summed E-state index contributed by atoms with van der Waals surface area (Å²) in [5, 5.41) is 9.85. The number of methoxy groups -OCH3 is 1. The summed E-state index contributed by atoms with van der Waals surface area (Å²) < 4.78 is 3.77. The molecule has 0 aromatic heterocycles. The molecule has 4 nitrogen and oxygen atoms in total. The van der Waals surface area contributed by atoms with Gasteiger partial charge in [-0.05, 0) is 31.5 Å². The molecule has 0 saturated carbocycles. The summed E-state index contributed by atoms with van der Waals surface area (Å²) in [5.74, 6) is 5.60. The third-order valence-electron chi connectivity index (χ3n) is 3.40. The first-order valence-corrected chi connectivity index (χ1v) is 7.50. The summed E-state index contributed by atoms with van der Waals surface area (Å²) in [6, 6.07) is 6.97. The van der Waals surface area contributed by atoms with Crippen molar-refractivity contribution in [1.29, 1.82) is 0 Å². The quantitative estimate of drug-likeness (QED) is 0.671. The molecular formula is C17H16O4S. The predicted molar refractivity (Wildman–Crippen MR) is 85.6 cm³/mol. The van der Waals surface area contributed by atoms with Crippen LogP contribution in [0.15, 0.2) is 35.6 Å². The van der Waals surface area contributed by atoms with Crippen LogP contribution in [0.4, 0.5) is 0 Å². The zero-order chi connectivity index (χ0) is 16.3. The fourth-order valence-electron chi connectivity index (χ4n) is 2.04. The molecule has 1 unspecified atom stereocenters. The lowest BCUT2D eigenvalue weighted by molar-refractivity contribution is -0.107. The molecular weight excluding hydrogens is 300 g/mol. The van der Waals surface area contributed by atoms with Crippen LogP contribution in [-0.2, 0) is 16.0 Å². The maximum Gasteiger partial charge on any atom is 0.337 e. The van der Waals surface area contributed by atoms with Crippen molar-refractivity contribution in [1.82, 2.24) is 0 Å². The highest BCUT2D eigenvalue weighted by Crippen LogP contribution is 2.41. The highest BCUT2D eigenvalue weighted by Gasteiger charge is 2.40. The second-order valence-corrected chi connectivity index (χ2v) is 6.45. The summed E-state index contributed by atoms with van der Waals surface area (Å²) in [7, 11) is 1.34. The van der Waals surface area contributed by atoms with Crippen LogP contribution < -0.4 is 0 Å². The monoisotopic (exact) mass is 316 g/mol. The van der Waals surface area contributed by atoms with E-state index >= 15 is 0 Å². The van der Waals surface area contributed by atoms with E-state index in [2.05, 4.69) is 16.6 Å². The predicted octanol–water partition coefficient (Wildman–Crippen LogP) is 2.88. The van der Waals surface area contributed by atoms with Crippen LogP contribution in [0.5, 0.6) is 0 Å². The SMILES string of the molecule is COC(=O)c1ccc(CC#CC2(C)SC(=O)C(C)=C2O)cc1. The highest BCUT2D eigenvalue weighted by molar-refractivity contribution is 8.16. The first-order valence-electron chi connectivity index (χ1n) is 6.68. The standard InChI is InChI=1S/C17H16O4S/c1-11-14(18)17(2,22-16(11)20)10-4-5-12-6-8-13(9-7-12)15(19)21-3/h6-9,18H,5H2,1-3H3. The molecule has 1 aromatic rings. The van der Waals surface area contributed by atoms with E-state index in [1.54, 1.807) is 38.1 Å². The molecule has 22 heavy (non-hydrogen) atoms. The number of aliphatic hydroxyl groups is 1. The van der Waals surface area contributed by atoms with E-state index in [0.29, 0.717) is 17.6 Å². The van der Waals surface area contributed by atoms with Crippen LogP contribution in [0.1, 0.15) is 29.8 Å². The van der Waals surface area contributed by atoms with Crippen molar-refractivity contribution in [2.45, 2.75) is 25.0 Å². The Hall–Kier alpha value is -2.19. The van der Waals surface area contributed by atoms with Gasteiger partial charge in [0.05, 0.1) is 12.7 Å². The van der Waals surface area contributed by atoms with Crippen molar-refractivity contribution in [2.75, 3.05) is 7.11 Å². The molecule has 0 aliphatic carbocycles. The van der Waals surface area contributed by atoms with Gasteiger partial charge in [-0.1, -0.05) is 35.7 Å². The van der Waals surface area contributed by atoms with Gasteiger partial charge in [0.25, 0.3) is 0 Å². The maximum atomic E-state index is 11.6. The second kappa shape index (κ2) is 6.29. The molecule has 1 N–H and O–H groups in total. The van der Waals surface area contributed by atoms with Crippen LogP contribution in [-0.4, -0.2) is 28.0 Å². The summed E-state index contributed by atoms with van der Waals surface area (Å²) >= 11 is 1.03. The van der Waals surface area contributed by atoms with Crippen molar-refractivity contribution in [3.05, 3.63) is 46.7 Å². The fraction of sp³-hybridized carbons (Fsp3) is 0.294. The Balaban J connectivity index is 2.09. The van der Waals surface area contributed by atoms with Crippen LogP contribution in [0.2, 0.25) is 0 Å². The molecule has 0 amide bonds. The van der Waals surface area contributed by atoms with E-state index in [0.717, 1.165) is 17.3 Å². The Labute approximate surface area is 133 Å². The average molecular weight is 316 g/mol. The fourth-order valence-corrected chi connectivity index (χ4v) is 3.03.